The highest BCUT2D eigenvalue weighted by Gasteiger charge is 2.21. The molecule has 0 aromatic heterocycles. The summed E-state index contributed by atoms with van der Waals surface area (Å²) in [6.45, 7) is 0.975. The van der Waals surface area contributed by atoms with Crippen molar-refractivity contribution in [3.05, 3.63) is 23.8 Å². The van der Waals surface area contributed by atoms with E-state index in [-0.39, 0.29) is 0 Å². The Morgan fingerprint density at radius 2 is 2.18 bits per heavy atom. The first-order chi connectivity index (χ1) is 8.33. The van der Waals surface area contributed by atoms with Gasteiger partial charge in [0.2, 0.25) is 0 Å². The third-order valence-corrected chi connectivity index (χ3v) is 4.01. The minimum absolute atomic E-state index is 0.358. The van der Waals surface area contributed by atoms with Gasteiger partial charge in [-0.1, -0.05) is 6.07 Å². The zero-order valence-electron chi connectivity index (χ0n) is 10.4. The van der Waals surface area contributed by atoms with Gasteiger partial charge in [0.25, 0.3) is 0 Å². The van der Waals surface area contributed by atoms with E-state index in [0.29, 0.717) is 6.10 Å². The Labute approximate surface area is 107 Å². The Morgan fingerprint density at radius 3 is 2.76 bits per heavy atom. The molecule has 94 valence electrons. The molecule has 1 aliphatic heterocycles. The van der Waals surface area contributed by atoms with Gasteiger partial charge in [0.05, 0.1) is 7.11 Å². The fraction of sp³-hybridized carbons (Fsp3) is 0.538. The summed E-state index contributed by atoms with van der Waals surface area (Å²) in [6, 6.07) is 6.20. The molecule has 0 radical (unpaired) electrons. The molecule has 3 nitrogen and oxygen atoms in total. The highest BCUT2D eigenvalue weighted by atomic mass is 32.2. The first kappa shape index (κ1) is 12.6. The monoisotopic (exact) mass is 253 g/mol. The maximum atomic E-state index is 5.87. The Balaban J connectivity index is 2.04. The summed E-state index contributed by atoms with van der Waals surface area (Å²) in [7, 11) is 3.66. The van der Waals surface area contributed by atoms with Gasteiger partial charge < -0.3 is 14.8 Å². The predicted octanol–water partition coefficient (Wildman–Crippen LogP) is 1.95. The lowest BCUT2D eigenvalue weighted by Gasteiger charge is -2.26. The van der Waals surface area contributed by atoms with Crippen molar-refractivity contribution < 1.29 is 9.47 Å². The largest absolute Gasteiger partial charge is 0.493 e. The normalized spacial score (nSPS) is 15.4. The van der Waals surface area contributed by atoms with Crippen LogP contribution in [0.25, 0.3) is 0 Å². The van der Waals surface area contributed by atoms with E-state index in [2.05, 4.69) is 17.4 Å². The molecule has 0 atom stereocenters. The number of hydrogen-bond donors (Lipinski definition) is 1. The van der Waals surface area contributed by atoms with Crippen LogP contribution in [0.1, 0.15) is 5.56 Å². The quantitative estimate of drug-likeness (QED) is 0.839. The summed E-state index contributed by atoms with van der Waals surface area (Å²) in [5.74, 6) is 3.89. The molecule has 0 bridgehead atoms. The van der Waals surface area contributed by atoms with Gasteiger partial charge in [-0.3, -0.25) is 0 Å². The number of ether oxygens (including phenoxy) is 2. The SMILES string of the molecule is CNCCc1ccc(OC2CSC2)c(OC)c1. The van der Waals surface area contributed by atoms with Crippen molar-refractivity contribution in [3.8, 4) is 11.5 Å². The molecule has 4 heteroatoms. The molecular weight excluding hydrogens is 234 g/mol. The Morgan fingerprint density at radius 1 is 1.35 bits per heavy atom. The molecule has 0 saturated carbocycles. The molecule has 1 N–H and O–H groups in total. The topological polar surface area (TPSA) is 30.5 Å². The number of thioether (sulfide) groups is 1. The fourth-order valence-electron chi connectivity index (χ4n) is 1.70. The van der Waals surface area contributed by atoms with Crippen LogP contribution >= 0.6 is 11.8 Å². The van der Waals surface area contributed by atoms with Crippen LogP contribution in [-0.4, -0.2) is 38.3 Å². The number of likely N-dealkylation sites (N-methyl/N-ethyl adjacent to an activating group) is 1. The summed E-state index contributed by atoms with van der Waals surface area (Å²) in [5.41, 5.74) is 1.27. The summed E-state index contributed by atoms with van der Waals surface area (Å²) in [4.78, 5) is 0. The molecule has 1 saturated heterocycles. The van der Waals surface area contributed by atoms with Gasteiger partial charge in [-0.2, -0.15) is 11.8 Å². The van der Waals surface area contributed by atoms with Crippen molar-refractivity contribution in [2.75, 3.05) is 32.2 Å². The van der Waals surface area contributed by atoms with Crippen molar-refractivity contribution in [1.82, 2.24) is 5.32 Å². The molecule has 0 aliphatic carbocycles. The first-order valence-electron chi connectivity index (χ1n) is 5.89. The third-order valence-electron chi connectivity index (χ3n) is 2.79. The molecule has 1 heterocycles. The van der Waals surface area contributed by atoms with E-state index >= 15 is 0 Å². The summed E-state index contributed by atoms with van der Waals surface area (Å²) in [5, 5.41) is 3.14. The predicted molar refractivity (Wildman–Crippen MR) is 72.4 cm³/mol. The van der Waals surface area contributed by atoms with Gasteiger partial charge >= 0.3 is 0 Å². The molecular formula is C13H19NO2S. The van der Waals surface area contributed by atoms with Crippen molar-refractivity contribution in [1.29, 1.82) is 0 Å². The molecule has 0 spiro atoms. The van der Waals surface area contributed by atoms with Gasteiger partial charge in [-0.25, -0.2) is 0 Å². The molecule has 1 aliphatic rings. The highest BCUT2D eigenvalue weighted by Crippen LogP contribution is 2.32. The number of methoxy groups -OCH3 is 1. The van der Waals surface area contributed by atoms with Crippen LogP contribution in [0.3, 0.4) is 0 Å². The van der Waals surface area contributed by atoms with Crippen LogP contribution in [0.4, 0.5) is 0 Å². The fourth-order valence-corrected chi connectivity index (χ4v) is 2.26. The van der Waals surface area contributed by atoms with Crippen LogP contribution in [0.15, 0.2) is 18.2 Å². The molecule has 0 amide bonds. The van der Waals surface area contributed by atoms with Crippen LogP contribution in [-0.2, 0) is 6.42 Å². The van der Waals surface area contributed by atoms with Gasteiger partial charge in [-0.05, 0) is 37.7 Å². The number of rotatable bonds is 6. The van der Waals surface area contributed by atoms with Gasteiger partial charge in [0, 0.05) is 11.5 Å². The molecule has 17 heavy (non-hydrogen) atoms. The second-order valence-corrected chi connectivity index (χ2v) is 5.19. The average Bonchev–Trinajstić information content (AvgIpc) is 2.31. The van der Waals surface area contributed by atoms with E-state index in [1.54, 1.807) is 7.11 Å². The highest BCUT2D eigenvalue weighted by molar-refractivity contribution is 8.00. The lowest BCUT2D eigenvalue weighted by Crippen LogP contribution is -2.31. The lowest BCUT2D eigenvalue weighted by molar-refractivity contribution is 0.228. The van der Waals surface area contributed by atoms with E-state index in [1.165, 1.54) is 5.56 Å². The summed E-state index contributed by atoms with van der Waals surface area (Å²) >= 11 is 1.92. The standard InChI is InChI=1S/C13H19NO2S/c1-14-6-5-10-3-4-12(13(7-10)15-2)16-11-8-17-9-11/h3-4,7,11,14H,5-6,8-9H2,1-2H3. The minimum Gasteiger partial charge on any atom is -0.493 e. The zero-order chi connectivity index (χ0) is 12.1. The van der Waals surface area contributed by atoms with Crippen LogP contribution < -0.4 is 14.8 Å². The molecule has 2 rings (SSSR count). The second-order valence-electron chi connectivity index (χ2n) is 4.12. The van der Waals surface area contributed by atoms with Crippen molar-refractivity contribution in [3.63, 3.8) is 0 Å². The van der Waals surface area contributed by atoms with Gasteiger partial charge in [0.15, 0.2) is 11.5 Å². The summed E-state index contributed by atoms with van der Waals surface area (Å²) in [6.07, 6.45) is 1.36. The van der Waals surface area contributed by atoms with E-state index in [0.717, 1.165) is 36.0 Å². The minimum atomic E-state index is 0.358. The number of benzene rings is 1. The second kappa shape index (κ2) is 6.17. The van der Waals surface area contributed by atoms with Crippen molar-refractivity contribution in [2.45, 2.75) is 12.5 Å². The Kier molecular flexibility index (Phi) is 4.57. The Hall–Kier alpha value is -0.870. The lowest BCUT2D eigenvalue weighted by atomic mass is 10.1. The number of hydrogen-bond acceptors (Lipinski definition) is 4. The number of nitrogens with one attached hydrogen (secondary N) is 1. The van der Waals surface area contributed by atoms with E-state index in [4.69, 9.17) is 9.47 Å². The molecule has 1 aromatic rings. The molecule has 1 fully saturated rings. The molecule has 0 unspecified atom stereocenters. The zero-order valence-corrected chi connectivity index (χ0v) is 11.2. The van der Waals surface area contributed by atoms with Crippen molar-refractivity contribution in [2.24, 2.45) is 0 Å². The van der Waals surface area contributed by atoms with Crippen LogP contribution in [0.2, 0.25) is 0 Å². The van der Waals surface area contributed by atoms with E-state index in [1.807, 2.05) is 24.9 Å². The average molecular weight is 253 g/mol. The van der Waals surface area contributed by atoms with E-state index < -0.39 is 0 Å². The first-order valence-corrected chi connectivity index (χ1v) is 7.05. The third kappa shape index (κ3) is 3.30. The Bertz CT molecular complexity index is 366. The van der Waals surface area contributed by atoms with Crippen molar-refractivity contribution >= 4 is 11.8 Å². The van der Waals surface area contributed by atoms with Crippen LogP contribution in [0.5, 0.6) is 11.5 Å². The summed E-state index contributed by atoms with van der Waals surface area (Å²) < 4.78 is 11.3. The van der Waals surface area contributed by atoms with E-state index in [9.17, 15) is 0 Å². The smallest absolute Gasteiger partial charge is 0.161 e. The van der Waals surface area contributed by atoms with Gasteiger partial charge in [-0.15, -0.1) is 0 Å². The van der Waals surface area contributed by atoms with Crippen LogP contribution in [0, 0.1) is 0 Å². The maximum Gasteiger partial charge on any atom is 0.161 e. The molecule has 1 aromatic carbocycles. The van der Waals surface area contributed by atoms with Gasteiger partial charge in [0.1, 0.15) is 6.10 Å². The maximum absolute atomic E-state index is 5.87.